The SMILES string of the molecule is Cc1ccc(S(=O)(=O)Nc2cc(C(=O)NCc3ccccc3F)ccc2N2CCNCC2)cc1C. The molecule has 0 aromatic heterocycles. The monoisotopic (exact) mass is 496 g/mol. The van der Waals surface area contributed by atoms with Crippen molar-refractivity contribution in [1.29, 1.82) is 0 Å². The number of aryl methyl sites for hydroxylation is 2. The number of hydrogen-bond acceptors (Lipinski definition) is 5. The smallest absolute Gasteiger partial charge is 0.261 e. The summed E-state index contributed by atoms with van der Waals surface area (Å²) in [6.45, 7) is 6.76. The molecular weight excluding hydrogens is 467 g/mol. The Morgan fingerprint density at radius 2 is 1.74 bits per heavy atom. The quantitative estimate of drug-likeness (QED) is 0.465. The fraction of sp³-hybridized carbons (Fsp3) is 0.269. The van der Waals surface area contributed by atoms with Crippen LogP contribution in [-0.2, 0) is 16.6 Å². The van der Waals surface area contributed by atoms with E-state index in [0.29, 0.717) is 30.0 Å². The van der Waals surface area contributed by atoms with Crippen LogP contribution in [0.3, 0.4) is 0 Å². The minimum atomic E-state index is -3.89. The zero-order valence-electron chi connectivity index (χ0n) is 19.8. The summed E-state index contributed by atoms with van der Waals surface area (Å²) in [6, 6.07) is 16.1. The standard InChI is InChI=1S/C26H29FN4O3S/c1-18-7-9-22(15-19(18)2)35(33,34)30-24-16-20(8-10-25(24)31-13-11-28-12-14-31)26(32)29-17-21-5-3-4-6-23(21)27/h3-10,15-16,28,30H,11-14,17H2,1-2H3,(H,29,32). The van der Waals surface area contributed by atoms with E-state index in [9.17, 15) is 17.6 Å². The summed E-state index contributed by atoms with van der Waals surface area (Å²) >= 11 is 0. The number of piperazine rings is 1. The van der Waals surface area contributed by atoms with Crippen molar-refractivity contribution in [2.24, 2.45) is 0 Å². The molecule has 0 radical (unpaired) electrons. The molecule has 0 atom stereocenters. The van der Waals surface area contributed by atoms with Crippen LogP contribution in [0.2, 0.25) is 0 Å². The third kappa shape index (κ3) is 5.80. The Balaban J connectivity index is 1.63. The summed E-state index contributed by atoms with van der Waals surface area (Å²) in [5.41, 5.74) is 3.54. The van der Waals surface area contributed by atoms with Crippen LogP contribution in [-0.4, -0.2) is 40.5 Å². The van der Waals surface area contributed by atoms with E-state index in [0.717, 1.165) is 24.2 Å². The number of rotatable bonds is 7. The maximum absolute atomic E-state index is 13.9. The fourth-order valence-corrected chi connectivity index (χ4v) is 5.09. The highest BCUT2D eigenvalue weighted by Gasteiger charge is 2.22. The zero-order valence-corrected chi connectivity index (χ0v) is 20.6. The van der Waals surface area contributed by atoms with Crippen molar-refractivity contribution >= 4 is 27.3 Å². The van der Waals surface area contributed by atoms with Crippen molar-refractivity contribution < 1.29 is 17.6 Å². The molecule has 1 saturated heterocycles. The van der Waals surface area contributed by atoms with Crippen LogP contribution in [0.15, 0.2) is 65.6 Å². The third-order valence-corrected chi connectivity index (χ3v) is 7.51. The van der Waals surface area contributed by atoms with Gasteiger partial charge in [0.15, 0.2) is 0 Å². The summed E-state index contributed by atoms with van der Waals surface area (Å²) < 4.78 is 43.1. The number of nitrogens with zero attached hydrogens (tertiary/aromatic N) is 1. The molecule has 1 heterocycles. The van der Waals surface area contributed by atoms with Gasteiger partial charge in [-0.1, -0.05) is 24.3 Å². The van der Waals surface area contributed by atoms with Crippen LogP contribution in [0.4, 0.5) is 15.8 Å². The lowest BCUT2D eigenvalue weighted by Crippen LogP contribution is -2.43. The molecule has 1 aliphatic heterocycles. The van der Waals surface area contributed by atoms with Crippen LogP contribution in [0.1, 0.15) is 27.0 Å². The van der Waals surface area contributed by atoms with E-state index in [1.165, 1.54) is 12.1 Å². The molecule has 0 spiro atoms. The molecule has 3 aromatic carbocycles. The summed E-state index contributed by atoms with van der Waals surface area (Å²) in [5, 5.41) is 5.99. The number of sulfonamides is 1. The van der Waals surface area contributed by atoms with E-state index in [4.69, 9.17) is 0 Å². The number of hydrogen-bond donors (Lipinski definition) is 3. The van der Waals surface area contributed by atoms with Crippen LogP contribution in [0.5, 0.6) is 0 Å². The van der Waals surface area contributed by atoms with Gasteiger partial charge in [-0.15, -0.1) is 0 Å². The zero-order chi connectivity index (χ0) is 25.0. The van der Waals surface area contributed by atoms with E-state index in [1.807, 2.05) is 13.8 Å². The summed E-state index contributed by atoms with van der Waals surface area (Å²) in [6.07, 6.45) is 0. The topological polar surface area (TPSA) is 90.5 Å². The first kappa shape index (κ1) is 24.7. The predicted octanol–water partition coefficient (Wildman–Crippen LogP) is 3.58. The first-order valence-corrected chi connectivity index (χ1v) is 12.9. The minimum Gasteiger partial charge on any atom is -0.367 e. The number of benzene rings is 3. The van der Waals surface area contributed by atoms with E-state index >= 15 is 0 Å². The average molecular weight is 497 g/mol. The van der Waals surface area contributed by atoms with Crippen LogP contribution < -0.4 is 20.3 Å². The minimum absolute atomic E-state index is 0.0226. The van der Waals surface area contributed by atoms with Gasteiger partial charge in [0.05, 0.1) is 16.3 Å². The Kier molecular flexibility index (Phi) is 7.37. The molecule has 3 N–H and O–H groups in total. The molecule has 1 aliphatic rings. The van der Waals surface area contributed by atoms with Crippen LogP contribution in [0, 0.1) is 19.7 Å². The second kappa shape index (κ2) is 10.5. The number of nitrogens with one attached hydrogen (secondary N) is 3. The van der Waals surface area contributed by atoms with E-state index in [1.54, 1.807) is 48.5 Å². The van der Waals surface area contributed by atoms with Crippen molar-refractivity contribution in [2.45, 2.75) is 25.3 Å². The molecule has 0 unspecified atom stereocenters. The van der Waals surface area contributed by atoms with Gasteiger partial charge in [-0.25, -0.2) is 12.8 Å². The molecule has 184 valence electrons. The van der Waals surface area contributed by atoms with Crippen molar-refractivity contribution in [3.05, 3.63) is 88.7 Å². The average Bonchev–Trinajstić information content (AvgIpc) is 2.85. The largest absolute Gasteiger partial charge is 0.367 e. The summed E-state index contributed by atoms with van der Waals surface area (Å²) in [4.78, 5) is 15.1. The molecule has 0 aliphatic carbocycles. The van der Waals surface area contributed by atoms with Crippen LogP contribution in [0.25, 0.3) is 0 Å². The number of carbonyl (C=O) groups excluding carboxylic acids is 1. The number of amides is 1. The summed E-state index contributed by atoms with van der Waals surface area (Å²) in [7, 11) is -3.89. The van der Waals surface area contributed by atoms with Gasteiger partial charge in [0.1, 0.15) is 5.82 Å². The lowest BCUT2D eigenvalue weighted by atomic mass is 10.1. The molecule has 0 saturated carbocycles. The second-order valence-corrected chi connectivity index (χ2v) is 10.3. The fourth-order valence-electron chi connectivity index (χ4n) is 3.94. The predicted molar refractivity (Wildman–Crippen MR) is 136 cm³/mol. The van der Waals surface area contributed by atoms with Gasteiger partial charge in [0.25, 0.3) is 15.9 Å². The van der Waals surface area contributed by atoms with Crippen molar-refractivity contribution in [2.75, 3.05) is 35.8 Å². The maximum Gasteiger partial charge on any atom is 0.261 e. The molecule has 0 bridgehead atoms. The van der Waals surface area contributed by atoms with Gasteiger partial charge in [-0.05, 0) is 61.4 Å². The molecule has 4 rings (SSSR count). The lowest BCUT2D eigenvalue weighted by Gasteiger charge is -2.31. The van der Waals surface area contributed by atoms with Crippen LogP contribution >= 0.6 is 0 Å². The van der Waals surface area contributed by atoms with Gasteiger partial charge in [-0.2, -0.15) is 0 Å². The second-order valence-electron chi connectivity index (χ2n) is 8.59. The summed E-state index contributed by atoms with van der Waals surface area (Å²) in [5.74, 6) is -0.824. The molecule has 7 nitrogen and oxygen atoms in total. The Bertz CT molecular complexity index is 1340. The molecule has 35 heavy (non-hydrogen) atoms. The molecule has 9 heteroatoms. The Morgan fingerprint density at radius 1 is 1.00 bits per heavy atom. The van der Waals surface area contributed by atoms with Crippen molar-refractivity contribution in [3.63, 3.8) is 0 Å². The van der Waals surface area contributed by atoms with E-state index in [-0.39, 0.29) is 17.0 Å². The molecule has 3 aromatic rings. The van der Waals surface area contributed by atoms with Gasteiger partial charge in [0.2, 0.25) is 0 Å². The van der Waals surface area contributed by atoms with Gasteiger partial charge in [-0.3, -0.25) is 9.52 Å². The number of carbonyl (C=O) groups is 1. The van der Waals surface area contributed by atoms with Gasteiger partial charge >= 0.3 is 0 Å². The lowest BCUT2D eigenvalue weighted by molar-refractivity contribution is 0.0950. The first-order chi connectivity index (χ1) is 16.7. The number of anilines is 2. The highest BCUT2D eigenvalue weighted by Crippen LogP contribution is 2.30. The highest BCUT2D eigenvalue weighted by atomic mass is 32.2. The van der Waals surface area contributed by atoms with E-state index < -0.39 is 21.7 Å². The molecular formula is C26H29FN4O3S. The maximum atomic E-state index is 13.9. The number of halogens is 1. The third-order valence-electron chi connectivity index (χ3n) is 6.15. The Hall–Kier alpha value is -3.43. The Morgan fingerprint density at radius 3 is 2.46 bits per heavy atom. The van der Waals surface area contributed by atoms with E-state index in [2.05, 4.69) is 20.3 Å². The normalized spacial score (nSPS) is 14.0. The van der Waals surface area contributed by atoms with Crippen molar-refractivity contribution in [3.8, 4) is 0 Å². The highest BCUT2D eigenvalue weighted by molar-refractivity contribution is 7.92. The Labute approximate surface area is 205 Å². The molecule has 1 fully saturated rings. The van der Waals surface area contributed by atoms with Gasteiger partial charge < -0.3 is 15.5 Å². The first-order valence-electron chi connectivity index (χ1n) is 11.5. The van der Waals surface area contributed by atoms with Gasteiger partial charge in [0, 0.05) is 43.9 Å². The molecule has 1 amide bonds. The van der Waals surface area contributed by atoms with Crippen molar-refractivity contribution in [1.82, 2.24) is 10.6 Å².